The molecular weight excluding hydrogens is 355 g/mol. The fourth-order valence-electron chi connectivity index (χ4n) is 2.71. The smallest absolute Gasteiger partial charge is 0.368 e. The fourth-order valence-corrected chi connectivity index (χ4v) is 2.83. The standard InChI is InChI=1S/C17H15ClF3N3O/c18-15-6-1-12(11-22-15)16(25)24-9-7-23(8-10-24)14-4-2-13(3-5-14)17(19,20)21/h1-6,11H,7-10H2. The number of rotatable bonds is 2. The lowest BCUT2D eigenvalue weighted by atomic mass is 10.1. The molecule has 132 valence electrons. The van der Waals surface area contributed by atoms with Crippen molar-refractivity contribution in [3.8, 4) is 0 Å². The van der Waals surface area contributed by atoms with E-state index in [1.54, 1.807) is 17.0 Å². The average Bonchev–Trinajstić information content (AvgIpc) is 2.61. The average molecular weight is 370 g/mol. The monoisotopic (exact) mass is 369 g/mol. The predicted molar refractivity (Wildman–Crippen MR) is 88.8 cm³/mol. The Hall–Kier alpha value is -2.28. The molecule has 0 saturated carbocycles. The van der Waals surface area contributed by atoms with Crippen LogP contribution in [-0.2, 0) is 6.18 Å². The van der Waals surface area contributed by atoms with E-state index in [2.05, 4.69) is 4.98 Å². The Morgan fingerprint density at radius 2 is 1.64 bits per heavy atom. The minimum absolute atomic E-state index is 0.128. The van der Waals surface area contributed by atoms with Crippen molar-refractivity contribution in [2.75, 3.05) is 31.1 Å². The summed E-state index contributed by atoms with van der Waals surface area (Å²) in [6.07, 6.45) is -2.90. The minimum atomic E-state index is -4.34. The molecule has 1 aliphatic heterocycles. The van der Waals surface area contributed by atoms with Gasteiger partial charge in [-0.2, -0.15) is 13.2 Å². The first-order chi connectivity index (χ1) is 11.8. The molecule has 8 heteroatoms. The summed E-state index contributed by atoms with van der Waals surface area (Å²) in [6.45, 7) is 2.08. The summed E-state index contributed by atoms with van der Waals surface area (Å²) in [7, 11) is 0. The van der Waals surface area contributed by atoms with Crippen molar-refractivity contribution in [1.29, 1.82) is 0 Å². The van der Waals surface area contributed by atoms with E-state index in [1.165, 1.54) is 18.3 Å². The molecule has 1 fully saturated rings. The van der Waals surface area contributed by atoms with Crippen LogP contribution in [0.5, 0.6) is 0 Å². The lowest BCUT2D eigenvalue weighted by Gasteiger charge is -2.36. The van der Waals surface area contributed by atoms with Crippen molar-refractivity contribution in [2.24, 2.45) is 0 Å². The molecule has 3 rings (SSSR count). The summed E-state index contributed by atoms with van der Waals surface area (Å²) in [5, 5.41) is 0.323. The maximum atomic E-state index is 12.6. The molecule has 1 aromatic heterocycles. The molecule has 0 bridgehead atoms. The first-order valence-corrected chi connectivity index (χ1v) is 8.05. The second-order valence-electron chi connectivity index (χ2n) is 5.69. The van der Waals surface area contributed by atoms with Crippen molar-refractivity contribution < 1.29 is 18.0 Å². The molecule has 2 heterocycles. The number of anilines is 1. The van der Waals surface area contributed by atoms with Gasteiger partial charge in [0.05, 0.1) is 11.1 Å². The van der Waals surface area contributed by atoms with Crippen molar-refractivity contribution in [3.05, 3.63) is 58.9 Å². The third-order valence-corrected chi connectivity index (χ3v) is 4.32. The molecule has 0 radical (unpaired) electrons. The van der Waals surface area contributed by atoms with Crippen LogP contribution in [0.15, 0.2) is 42.6 Å². The topological polar surface area (TPSA) is 36.4 Å². The van der Waals surface area contributed by atoms with Gasteiger partial charge in [0, 0.05) is 38.1 Å². The molecule has 0 spiro atoms. The number of hydrogen-bond acceptors (Lipinski definition) is 3. The number of alkyl halides is 3. The van der Waals surface area contributed by atoms with Gasteiger partial charge in [0.25, 0.3) is 5.91 Å². The van der Waals surface area contributed by atoms with Crippen LogP contribution in [0.4, 0.5) is 18.9 Å². The molecule has 2 aromatic rings. The number of piperazine rings is 1. The largest absolute Gasteiger partial charge is 0.416 e. The van der Waals surface area contributed by atoms with E-state index >= 15 is 0 Å². The molecule has 0 atom stereocenters. The van der Waals surface area contributed by atoms with Gasteiger partial charge in [0.15, 0.2) is 0 Å². The maximum Gasteiger partial charge on any atom is 0.416 e. The summed E-state index contributed by atoms with van der Waals surface area (Å²) in [5.41, 5.74) is 0.515. The van der Waals surface area contributed by atoms with Crippen LogP contribution in [-0.4, -0.2) is 42.0 Å². The molecule has 0 unspecified atom stereocenters. The van der Waals surface area contributed by atoms with Crippen LogP contribution in [0.3, 0.4) is 0 Å². The molecule has 4 nitrogen and oxygen atoms in total. The normalized spacial score (nSPS) is 15.4. The highest BCUT2D eigenvalue weighted by atomic mass is 35.5. The van der Waals surface area contributed by atoms with Crippen LogP contribution < -0.4 is 4.90 Å². The number of aromatic nitrogens is 1. The number of benzene rings is 1. The van der Waals surface area contributed by atoms with E-state index in [1.807, 2.05) is 4.90 Å². The van der Waals surface area contributed by atoms with Crippen LogP contribution in [0.2, 0.25) is 5.15 Å². The molecule has 1 saturated heterocycles. The summed E-state index contributed by atoms with van der Waals surface area (Å²) in [6, 6.07) is 8.26. The number of pyridine rings is 1. The van der Waals surface area contributed by atoms with E-state index < -0.39 is 11.7 Å². The molecular formula is C17H15ClF3N3O. The summed E-state index contributed by atoms with van der Waals surface area (Å²) < 4.78 is 37.9. The van der Waals surface area contributed by atoms with Crippen molar-refractivity contribution in [3.63, 3.8) is 0 Å². The number of halogens is 4. The van der Waals surface area contributed by atoms with Gasteiger partial charge >= 0.3 is 6.18 Å². The van der Waals surface area contributed by atoms with Gasteiger partial charge in [-0.05, 0) is 36.4 Å². The summed E-state index contributed by atoms with van der Waals surface area (Å²) in [5.74, 6) is -0.128. The van der Waals surface area contributed by atoms with Gasteiger partial charge in [-0.25, -0.2) is 4.98 Å². The zero-order valence-electron chi connectivity index (χ0n) is 13.1. The zero-order chi connectivity index (χ0) is 18.0. The number of carbonyl (C=O) groups excluding carboxylic acids is 1. The highest BCUT2D eigenvalue weighted by Gasteiger charge is 2.30. The van der Waals surface area contributed by atoms with E-state index in [0.717, 1.165) is 12.1 Å². The predicted octanol–water partition coefficient (Wildman–Crippen LogP) is 3.72. The molecule has 1 amide bonds. The first-order valence-electron chi connectivity index (χ1n) is 7.67. The fraction of sp³-hybridized carbons (Fsp3) is 0.294. The van der Waals surface area contributed by atoms with Crippen LogP contribution in [0, 0.1) is 0 Å². The van der Waals surface area contributed by atoms with Gasteiger partial charge in [0.2, 0.25) is 0 Å². The van der Waals surface area contributed by atoms with Gasteiger partial charge in [0.1, 0.15) is 5.15 Å². The van der Waals surface area contributed by atoms with Crippen LogP contribution in [0.25, 0.3) is 0 Å². The number of hydrogen-bond donors (Lipinski definition) is 0. The molecule has 25 heavy (non-hydrogen) atoms. The second kappa shape index (κ2) is 6.92. The second-order valence-corrected chi connectivity index (χ2v) is 6.08. The lowest BCUT2D eigenvalue weighted by molar-refractivity contribution is -0.137. The number of nitrogens with zero attached hydrogens (tertiary/aromatic N) is 3. The van der Waals surface area contributed by atoms with E-state index in [0.29, 0.717) is 42.6 Å². The van der Waals surface area contributed by atoms with E-state index in [9.17, 15) is 18.0 Å². The van der Waals surface area contributed by atoms with Gasteiger partial charge in [-0.15, -0.1) is 0 Å². The van der Waals surface area contributed by atoms with Gasteiger partial charge in [-0.3, -0.25) is 4.79 Å². The van der Waals surface area contributed by atoms with Crippen LogP contribution >= 0.6 is 11.6 Å². The Morgan fingerprint density at radius 3 is 2.16 bits per heavy atom. The third-order valence-electron chi connectivity index (χ3n) is 4.10. The Kier molecular flexibility index (Phi) is 4.85. The molecule has 0 N–H and O–H groups in total. The van der Waals surface area contributed by atoms with E-state index in [4.69, 9.17) is 11.6 Å². The SMILES string of the molecule is O=C(c1ccc(Cl)nc1)N1CCN(c2ccc(C(F)(F)F)cc2)CC1. The summed E-state index contributed by atoms with van der Waals surface area (Å²) >= 11 is 5.72. The van der Waals surface area contributed by atoms with Crippen LogP contribution in [0.1, 0.15) is 15.9 Å². The molecule has 1 aliphatic rings. The van der Waals surface area contributed by atoms with Gasteiger partial charge in [-0.1, -0.05) is 11.6 Å². The Labute approximate surface area is 147 Å². The quantitative estimate of drug-likeness (QED) is 0.757. The Bertz CT molecular complexity index is 739. The summed E-state index contributed by atoms with van der Waals surface area (Å²) in [4.78, 5) is 20.0. The minimum Gasteiger partial charge on any atom is -0.368 e. The third kappa shape index (κ3) is 4.04. The van der Waals surface area contributed by atoms with Crippen molar-refractivity contribution in [2.45, 2.75) is 6.18 Å². The molecule has 0 aliphatic carbocycles. The Morgan fingerprint density at radius 1 is 1.00 bits per heavy atom. The number of amides is 1. The Balaban J connectivity index is 1.61. The lowest BCUT2D eigenvalue weighted by Crippen LogP contribution is -2.48. The first kappa shape index (κ1) is 17.5. The maximum absolute atomic E-state index is 12.6. The zero-order valence-corrected chi connectivity index (χ0v) is 13.9. The van der Waals surface area contributed by atoms with Gasteiger partial charge < -0.3 is 9.80 Å². The highest BCUT2D eigenvalue weighted by Crippen LogP contribution is 2.30. The van der Waals surface area contributed by atoms with Crippen molar-refractivity contribution >= 4 is 23.2 Å². The number of carbonyl (C=O) groups is 1. The van der Waals surface area contributed by atoms with E-state index in [-0.39, 0.29) is 5.91 Å². The van der Waals surface area contributed by atoms with Crippen molar-refractivity contribution in [1.82, 2.24) is 9.88 Å². The molecule has 1 aromatic carbocycles. The highest BCUT2D eigenvalue weighted by molar-refractivity contribution is 6.29.